The number of carbonyl (C=O) groups excluding carboxylic acids is 1. The van der Waals surface area contributed by atoms with Crippen molar-refractivity contribution in [3.8, 4) is 0 Å². The predicted molar refractivity (Wildman–Crippen MR) is 39.3 cm³/mol. The van der Waals surface area contributed by atoms with Gasteiger partial charge in [-0.15, -0.1) is 0 Å². The van der Waals surface area contributed by atoms with Crippen LogP contribution in [0.25, 0.3) is 0 Å². The van der Waals surface area contributed by atoms with E-state index >= 15 is 0 Å². The molecule has 1 nitrogen and oxygen atoms in total. The van der Waals surface area contributed by atoms with Crippen LogP contribution in [-0.2, 0) is 4.79 Å². The Labute approximate surface area is 56.8 Å². The van der Waals surface area contributed by atoms with Gasteiger partial charge in [-0.25, -0.2) is 0 Å². The molecule has 9 heavy (non-hydrogen) atoms. The smallest absolute Gasteiger partial charge is 0.152 e. The summed E-state index contributed by atoms with van der Waals surface area (Å²) in [7, 11) is 0. The van der Waals surface area contributed by atoms with Crippen LogP contribution < -0.4 is 0 Å². The molecule has 0 N–H and O–H groups in total. The van der Waals surface area contributed by atoms with E-state index in [1.165, 1.54) is 0 Å². The highest BCUT2D eigenvalue weighted by atomic mass is 16.1. The maximum atomic E-state index is 10.4. The largest absolute Gasteiger partial charge is 0.295 e. The number of allylic oxidation sites excluding steroid dienone is 2. The monoisotopic (exact) mass is 126 g/mol. The van der Waals surface area contributed by atoms with Crippen LogP contribution in [0.5, 0.6) is 0 Å². The van der Waals surface area contributed by atoms with Gasteiger partial charge in [-0.05, 0) is 18.4 Å². The second-order valence-corrected chi connectivity index (χ2v) is 3.31. The van der Waals surface area contributed by atoms with Gasteiger partial charge >= 0.3 is 0 Å². The maximum absolute atomic E-state index is 10.4. The number of ketones is 1. The van der Waals surface area contributed by atoms with Crippen LogP contribution in [-0.4, -0.2) is 5.78 Å². The van der Waals surface area contributed by atoms with Crippen molar-refractivity contribution in [3.63, 3.8) is 0 Å². The van der Waals surface area contributed by atoms with Crippen LogP contribution >= 0.6 is 0 Å². The minimum absolute atomic E-state index is 0.116. The molecule has 0 radical (unpaired) electrons. The van der Waals surface area contributed by atoms with Crippen molar-refractivity contribution in [2.75, 3.05) is 0 Å². The summed E-state index contributed by atoms with van der Waals surface area (Å²) in [4.78, 5) is 10.4. The molecule has 0 rings (SSSR count). The standard InChI is InChI=1S/C8H14O/c1-7(9)5-6-8(2,3)4/h5-6H,1-4H3/b6-5-. The first-order valence-electron chi connectivity index (χ1n) is 3.11. The molecule has 0 saturated heterocycles. The molecule has 0 saturated carbocycles. The van der Waals surface area contributed by atoms with E-state index in [1.54, 1.807) is 13.0 Å². The second kappa shape index (κ2) is 2.81. The van der Waals surface area contributed by atoms with Crippen molar-refractivity contribution in [1.29, 1.82) is 0 Å². The van der Waals surface area contributed by atoms with Crippen molar-refractivity contribution in [2.24, 2.45) is 5.41 Å². The van der Waals surface area contributed by atoms with E-state index in [1.807, 2.05) is 6.08 Å². The molecule has 0 aromatic heterocycles. The molecule has 0 amide bonds. The molecule has 0 fully saturated rings. The van der Waals surface area contributed by atoms with Gasteiger partial charge in [0, 0.05) is 0 Å². The molecule has 0 spiro atoms. The summed E-state index contributed by atoms with van der Waals surface area (Å²) in [6.07, 6.45) is 3.52. The molecule has 0 unspecified atom stereocenters. The lowest BCUT2D eigenvalue weighted by Gasteiger charge is -2.09. The van der Waals surface area contributed by atoms with Gasteiger partial charge in [0.2, 0.25) is 0 Å². The Kier molecular flexibility index (Phi) is 2.63. The number of hydrogen-bond acceptors (Lipinski definition) is 1. The third kappa shape index (κ3) is 7.41. The number of rotatable bonds is 1. The average Bonchev–Trinajstić information content (AvgIpc) is 1.59. The fourth-order valence-electron chi connectivity index (χ4n) is 0.367. The number of hydrogen-bond donors (Lipinski definition) is 0. The van der Waals surface area contributed by atoms with E-state index in [0.717, 1.165) is 0 Å². The summed E-state index contributed by atoms with van der Waals surface area (Å²) in [6, 6.07) is 0. The summed E-state index contributed by atoms with van der Waals surface area (Å²) in [5.41, 5.74) is 0.131. The highest BCUT2D eigenvalue weighted by Crippen LogP contribution is 2.13. The Hall–Kier alpha value is -0.590. The van der Waals surface area contributed by atoms with E-state index in [-0.39, 0.29) is 11.2 Å². The van der Waals surface area contributed by atoms with Crippen LogP contribution in [0.4, 0.5) is 0 Å². The Balaban J connectivity index is 3.86. The minimum atomic E-state index is 0.116. The van der Waals surface area contributed by atoms with E-state index in [4.69, 9.17) is 0 Å². The lowest BCUT2D eigenvalue weighted by molar-refractivity contribution is -0.112. The molecule has 0 aliphatic heterocycles. The molecule has 0 heterocycles. The van der Waals surface area contributed by atoms with Gasteiger partial charge < -0.3 is 0 Å². The summed E-state index contributed by atoms with van der Waals surface area (Å²) in [5.74, 6) is 0.116. The topological polar surface area (TPSA) is 17.1 Å². The van der Waals surface area contributed by atoms with Gasteiger partial charge in [0.25, 0.3) is 0 Å². The highest BCUT2D eigenvalue weighted by Gasteiger charge is 2.02. The van der Waals surface area contributed by atoms with Crippen molar-refractivity contribution in [2.45, 2.75) is 27.7 Å². The molecule has 0 aliphatic carbocycles. The van der Waals surface area contributed by atoms with E-state index in [2.05, 4.69) is 20.8 Å². The Morgan fingerprint density at radius 2 is 1.78 bits per heavy atom. The molecular formula is C8H14O. The van der Waals surface area contributed by atoms with Crippen LogP contribution in [0.3, 0.4) is 0 Å². The van der Waals surface area contributed by atoms with Crippen LogP contribution in [0.2, 0.25) is 0 Å². The first kappa shape index (κ1) is 8.41. The molecule has 0 aromatic rings. The fourth-order valence-corrected chi connectivity index (χ4v) is 0.367. The predicted octanol–water partition coefficient (Wildman–Crippen LogP) is 2.18. The Morgan fingerprint density at radius 1 is 1.33 bits per heavy atom. The van der Waals surface area contributed by atoms with Crippen molar-refractivity contribution in [1.82, 2.24) is 0 Å². The molecule has 0 atom stereocenters. The highest BCUT2D eigenvalue weighted by molar-refractivity contribution is 5.87. The van der Waals surface area contributed by atoms with Crippen molar-refractivity contribution >= 4 is 5.78 Å². The molecular weight excluding hydrogens is 112 g/mol. The second-order valence-electron chi connectivity index (χ2n) is 3.31. The van der Waals surface area contributed by atoms with Gasteiger partial charge in [0.1, 0.15) is 0 Å². The van der Waals surface area contributed by atoms with E-state index < -0.39 is 0 Å². The molecule has 52 valence electrons. The molecule has 1 heteroatoms. The zero-order valence-corrected chi connectivity index (χ0v) is 6.56. The maximum Gasteiger partial charge on any atom is 0.152 e. The Bertz CT molecular complexity index is 126. The SMILES string of the molecule is CC(=O)/C=C\C(C)(C)C. The van der Waals surface area contributed by atoms with Gasteiger partial charge in [-0.2, -0.15) is 0 Å². The zero-order valence-electron chi connectivity index (χ0n) is 6.56. The van der Waals surface area contributed by atoms with Gasteiger partial charge in [0.15, 0.2) is 5.78 Å². The van der Waals surface area contributed by atoms with E-state index in [9.17, 15) is 4.79 Å². The van der Waals surface area contributed by atoms with E-state index in [0.29, 0.717) is 0 Å². The molecule has 0 aliphatic rings. The first-order chi connectivity index (χ1) is 3.92. The van der Waals surface area contributed by atoms with Crippen LogP contribution in [0, 0.1) is 5.41 Å². The third-order valence-electron chi connectivity index (χ3n) is 0.818. The quantitative estimate of drug-likeness (QED) is 0.492. The van der Waals surface area contributed by atoms with Crippen LogP contribution in [0.15, 0.2) is 12.2 Å². The average molecular weight is 126 g/mol. The van der Waals surface area contributed by atoms with Gasteiger partial charge in [-0.1, -0.05) is 26.8 Å². The lowest BCUT2D eigenvalue weighted by atomic mass is 9.96. The molecule has 0 aromatic carbocycles. The lowest BCUT2D eigenvalue weighted by Crippen LogP contribution is -1.99. The van der Waals surface area contributed by atoms with Crippen LogP contribution in [0.1, 0.15) is 27.7 Å². The zero-order chi connectivity index (χ0) is 7.49. The summed E-state index contributed by atoms with van der Waals surface area (Å²) in [5, 5.41) is 0. The van der Waals surface area contributed by atoms with Gasteiger partial charge in [0.05, 0.1) is 0 Å². The minimum Gasteiger partial charge on any atom is -0.295 e. The summed E-state index contributed by atoms with van der Waals surface area (Å²) < 4.78 is 0. The normalized spacial score (nSPS) is 12.4. The molecule has 0 bridgehead atoms. The third-order valence-corrected chi connectivity index (χ3v) is 0.818. The Morgan fingerprint density at radius 3 is 1.89 bits per heavy atom. The van der Waals surface area contributed by atoms with Crippen molar-refractivity contribution in [3.05, 3.63) is 12.2 Å². The van der Waals surface area contributed by atoms with Gasteiger partial charge in [-0.3, -0.25) is 4.79 Å². The fraction of sp³-hybridized carbons (Fsp3) is 0.625. The summed E-state index contributed by atoms with van der Waals surface area (Å²) >= 11 is 0. The van der Waals surface area contributed by atoms with Crippen molar-refractivity contribution < 1.29 is 4.79 Å². The number of carbonyl (C=O) groups is 1. The summed E-state index contributed by atoms with van der Waals surface area (Å²) in [6.45, 7) is 7.74. The first-order valence-corrected chi connectivity index (χ1v) is 3.11.